The number of hydrogen-bond acceptors (Lipinski definition) is 5. The summed E-state index contributed by atoms with van der Waals surface area (Å²) in [5.74, 6) is -0.352. The molecule has 3 aromatic carbocycles. The van der Waals surface area contributed by atoms with Crippen LogP contribution in [-0.4, -0.2) is 24.3 Å². The third-order valence-electron chi connectivity index (χ3n) is 7.00. The molecule has 188 valence electrons. The van der Waals surface area contributed by atoms with Gasteiger partial charge in [0.2, 0.25) is 0 Å². The van der Waals surface area contributed by atoms with E-state index in [0.29, 0.717) is 28.1 Å². The first-order valence-corrected chi connectivity index (χ1v) is 12.9. The first-order chi connectivity index (χ1) is 18.0. The van der Waals surface area contributed by atoms with Crippen molar-refractivity contribution in [3.8, 4) is 0 Å². The molecule has 1 aliphatic carbocycles. The van der Waals surface area contributed by atoms with Crippen LogP contribution in [0.3, 0.4) is 0 Å². The molecule has 1 fully saturated rings. The Labute approximate surface area is 216 Å². The molecular weight excluding hydrogens is 464 g/mol. The highest BCUT2D eigenvalue weighted by atomic mass is 16.5. The van der Waals surface area contributed by atoms with Crippen LogP contribution in [0.1, 0.15) is 70.9 Å². The highest BCUT2D eigenvalue weighted by Crippen LogP contribution is 2.38. The maximum absolute atomic E-state index is 13.2. The number of Topliss-reactive ketones (excluding diaryl/α,β-unsaturated/α-hetero) is 1. The van der Waals surface area contributed by atoms with Gasteiger partial charge in [-0.2, -0.15) is 0 Å². The molecule has 1 saturated carbocycles. The standard InChI is InChI=1S/C31H30N2O4/c1-2-37-31(36)23-15-18-25-26(19-23)33-30(35)27(25)28(20-9-5-3-6-10-20)32-24-16-13-22(14-17-24)29(34)21-11-7-4-8-12-21/h3,5-6,9-10,13-19,21,32H,2,4,7-8,11-12H2,1H3,(H,33,35)/b28-27+. The number of hydrogen-bond donors (Lipinski definition) is 2. The SMILES string of the molecule is CCOC(=O)c1ccc2c(c1)NC(=O)/C2=C(/Nc1ccc(C(=O)C2CCCCC2)cc1)c1ccccc1. The topological polar surface area (TPSA) is 84.5 Å². The monoisotopic (exact) mass is 494 g/mol. The molecule has 1 heterocycles. The molecular formula is C31H30N2O4. The van der Waals surface area contributed by atoms with E-state index in [1.165, 1.54) is 6.42 Å². The molecule has 3 aromatic rings. The van der Waals surface area contributed by atoms with Crippen LogP contribution in [0.25, 0.3) is 11.3 Å². The van der Waals surface area contributed by atoms with E-state index in [9.17, 15) is 14.4 Å². The predicted octanol–water partition coefficient (Wildman–Crippen LogP) is 6.56. The number of nitrogens with one attached hydrogen (secondary N) is 2. The van der Waals surface area contributed by atoms with Crippen LogP contribution in [0.4, 0.5) is 11.4 Å². The van der Waals surface area contributed by atoms with Crippen LogP contribution < -0.4 is 10.6 Å². The van der Waals surface area contributed by atoms with Crippen LogP contribution in [0, 0.1) is 5.92 Å². The van der Waals surface area contributed by atoms with Gasteiger partial charge in [0.15, 0.2) is 5.78 Å². The molecule has 0 atom stereocenters. The van der Waals surface area contributed by atoms with Gasteiger partial charge in [0, 0.05) is 22.7 Å². The Morgan fingerprint density at radius 1 is 0.892 bits per heavy atom. The van der Waals surface area contributed by atoms with Gasteiger partial charge in [-0.1, -0.05) is 55.7 Å². The van der Waals surface area contributed by atoms with Crippen molar-refractivity contribution in [3.05, 3.63) is 95.1 Å². The Balaban J connectivity index is 1.48. The van der Waals surface area contributed by atoms with Gasteiger partial charge in [0.25, 0.3) is 5.91 Å². The number of carbonyl (C=O) groups excluding carboxylic acids is 3. The lowest BCUT2D eigenvalue weighted by atomic mass is 9.84. The van der Waals surface area contributed by atoms with E-state index in [4.69, 9.17) is 4.74 Å². The van der Waals surface area contributed by atoms with Crippen LogP contribution >= 0.6 is 0 Å². The van der Waals surface area contributed by atoms with Gasteiger partial charge in [0.1, 0.15) is 0 Å². The second-order valence-electron chi connectivity index (χ2n) is 9.45. The summed E-state index contributed by atoms with van der Waals surface area (Å²) in [4.78, 5) is 38.3. The van der Waals surface area contributed by atoms with Crippen molar-refractivity contribution in [3.63, 3.8) is 0 Å². The second kappa shape index (κ2) is 10.8. The van der Waals surface area contributed by atoms with Crippen LogP contribution in [0.5, 0.6) is 0 Å². The van der Waals surface area contributed by atoms with Gasteiger partial charge in [-0.3, -0.25) is 9.59 Å². The van der Waals surface area contributed by atoms with Gasteiger partial charge in [-0.15, -0.1) is 0 Å². The molecule has 0 spiro atoms. The highest BCUT2D eigenvalue weighted by molar-refractivity contribution is 6.37. The zero-order valence-corrected chi connectivity index (χ0v) is 20.9. The molecule has 6 nitrogen and oxygen atoms in total. The fourth-order valence-corrected chi connectivity index (χ4v) is 5.11. The third kappa shape index (κ3) is 5.19. The number of ketones is 1. The van der Waals surface area contributed by atoms with Gasteiger partial charge >= 0.3 is 5.97 Å². The first-order valence-electron chi connectivity index (χ1n) is 12.9. The molecule has 0 unspecified atom stereocenters. The van der Waals surface area contributed by atoms with E-state index < -0.39 is 5.97 Å². The van der Waals surface area contributed by atoms with Crippen molar-refractivity contribution in [2.45, 2.75) is 39.0 Å². The summed E-state index contributed by atoms with van der Waals surface area (Å²) in [7, 11) is 0. The number of benzene rings is 3. The number of rotatable bonds is 7. The summed E-state index contributed by atoms with van der Waals surface area (Å²) in [5.41, 5.74) is 5.12. The van der Waals surface area contributed by atoms with Gasteiger partial charge < -0.3 is 15.4 Å². The van der Waals surface area contributed by atoms with E-state index in [-0.39, 0.29) is 24.2 Å². The summed E-state index contributed by atoms with van der Waals surface area (Å²) in [6.07, 6.45) is 5.39. The Morgan fingerprint density at radius 2 is 1.59 bits per heavy atom. The van der Waals surface area contributed by atoms with Crippen LogP contribution in [-0.2, 0) is 9.53 Å². The lowest BCUT2D eigenvalue weighted by Crippen LogP contribution is -2.17. The van der Waals surface area contributed by atoms with Gasteiger partial charge in [-0.25, -0.2) is 4.79 Å². The maximum Gasteiger partial charge on any atom is 0.338 e. The molecule has 1 amide bonds. The van der Waals surface area contributed by atoms with Crippen LogP contribution in [0.2, 0.25) is 0 Å². The average molecular weight is 495 g/mol. The highest BCUT2D eigenvalue weighted by Gasteiger charge is 2.29. The van der Waals surface area contributed by atoms with E-state index in [0.717, 1.165) is 42.5 Å². The number of ether oxygens (including phenoxy) is 1. The van der Waals surface area contributed by atoms with Crippen molar-refractivity contribution in [1.82, 2.24) is 0 Å². The minimum atomic E-state index is -0.429. The zero-order chi connectivity index (χ0) is 25.8. The molecule has 5 rings (SSSR count). The number of esters is 1. The average Bonchev–Trinajstić information content (AvgIpc) is 3.27. The van der Waals surface area contributed by atoms with E-state index in [1.807, 2.05) is 54.6 Å². The zero-order valence-electron chi connectivity index (χ0n) is 20.9. The summed E-state index contributed by atoms with van der Waals surface area (Å²) in [6.45, 7) is 2.03. The molecule has 1 aliphatic heterocycles. The smallest absolute Gasteiger partial charge is 0.338 e. The molecule has 2 aliphatic rings. The summed E-state index contributed by atoms with van der Waals surface area (Å²) < 4.78 is 5.10. The van der Waals surface area contributed by atoms with Crippen molar-refractivity contribution in [2.24, 2.45) is 5.92 Å². The fraction of sp³-hybridized carbons (Fsp3) is 0.258. The normalized spacial score (nSPS) is 16.5. The molecule has 0 aromatic heterocycles. The number of fused-ring (bicyclic) bond motifs is 1. The Morgan fingerprint density at radius 3 is 2.30 bits per heavy atom. The Hall–Kier alpha value is -4.19. The molecule has 6 heteroatoms. The number of carbonyl (C=O) groups is 3. The van der Waals surface area contributed by atoms with Crippen molar-refractivity contribution >= 4 is 40.3 Å². The molecule has 0 bridgehead atoms. The predicted molar refractivity (Wildman–Crippen MR) is 145 cm³/mol. The number of amides is 1. The van der Waals surface area contributed by atoms with Crippen molar-refractivity contribution < 1.29 is 19.1 Å². The Kier molecular flexibility index (Phi) is 7.17. The number of anilines is 2. The quantitative estimate of drug-likeness (QED) is 0.221. The van der Waals surface area contributed by atoms with E-state index in [2.05, 4.69) is 10.6 Å². The van der Waals surface area contributed by atoms with Gasteiger partial charge in [0.05, 0.1) is 29.1 Å². The third-order valence-corrected chi connectivity index (χ3v) is 7.00. The Bertz CT molecular complexity index is 1350. The summed E-state index contributed by atoms with van der Waals surface area (Å²) in [6, 6.07) is 22.2. The lowest BCUT2D eigenvalue weighted by Gasteiger charge is -2.20. The minimum absolute atomic E-state index is 0.118. The second-order valence-corrected chi connectivity index (χ2v) is 9.45. The van der Waals surface area contributed by atoms with E-state index >= 15 is 0 Å². The van der Waals surface area contributed by atoms with Crippen molar-refractivity contribution in [2.75, 3.05) is 17.2 Å². The minimum Gasteiger partial charge on any atom is -0.462 e. The molecule has 37 heavy (non-hydrogen) atoms. The molecule has 0 saturated heterocycles. The van der Waals surface area contributed by atoms with Gasteiger partial charge in [-0.05, 0) is 61.7 Å². The summed E-state index contributed by atoms with van der Waals surface area (Å²) in [5, 5.41) is 6.32. The van der Waals surface area contributed by atoms with Crippen LogP contribution in [0.15, 0.2) is 72.8 Å². The van der Waals surface area contributed by atoms with Crippen molar-refractivity contribution in [1.29, 1.82) is 0 Å². The first kappa shape index (κ1) is 24.5. The fourth-order valence-electron chi connectivity index (χ4n) is 5.11. The van der Waals surface area contributed by atoms with E-state index in [1.54, 1.807) is 25.1 Å². The molecule has 2 N–H and O–H groups in total. The largest absolute Gasteiger partial charge is 0.462 e. The molecule has 0 radical (unpaired) electrons. The maximum atomic E-state index is 13.2. The lowest BCUT2D eigenvalue weighted by molar-refractivity contribution is -0.110. The summed E-state index contributed by atoms with van der Waals surface area (Å²) >= 11 is 0.